The molecule has 8 heteroatoms. The molecule has 1 aliphatic rings. The van der Waals surface area contributed by atoms with Crippen molar-refractivity contribution >= 4 is 35.6 Å². The first-order valence-corrected chi connectivity index (χ1v) is 12.3. The zero-order valence-corrected chi connectivity index (χ0v) is 23.4. The Hall–Kier alpha value is -1.26. The van der Waals surface area contributed by atoms with Crippen LogP contribution in [0, 0.1) is 11.8 Å². The Bertz CT molecular complexity index is 649. The molecule has 1 aliphatic heterocycles. The van der Waals surface area contributed by atoms with E-state index in [1.807, 2.05) is 12.1 Å². The molecule has 3 N–H and O–H groups in total. The number of rotatable bonds is 13. The van der Waals surface area contributed by atoms with Crippen LogP contribution >= 0.6 is 24.0 Å². The smallest absolute Gasteiger partial charge is 0.191 e. The number of aliphatic hydroxyl groups is 1. The summed E-state index contributed by atoms with van der Waals surface area (Å²) in [5.74, 6) is 2.87. The summed E-state index contributed by atoms with van der Waals surface area (Å²) in [6, 6.07) is 8.36. The molecule has 33 heavy (non-hydrogen) atoms. The van der Waals surface area contributed by atoms with Gasteiger partial charge < -0.3 is 25.4 Å². The molecular weight excluding hydrogens is 529 g/mol. The summed E-state index contributed by atoms with van der Waals surface area (Å²) < 4.78 is 5.26. The quantitative estimate of drug-likeness (QED) is 0.145. The van der Waals surface area contributed by atoms with Crippen LogP contribution in [0.3, 0.4) is 0 Å². The summed E-state index contributed by atoms with van der Waals surface area (Å²) in [5.41, 5.74) is 1.27. The second-order valence-corrected chi connectivity index (χ2v) is 9.03. The van der Waals surface area contributed by atoms with Gasteiger partial charge in [0, 0.05) is 58.1 Å². The molecule has 2 rings (SSSR count). The Morgan fingerprint density at radius 1 is 1.12 bits per heavy atom. The zero-order chi connectivity index (χ0) is 23.2. The molecule has 0 saturated carbocycles. The molecule has 0 bridgehead atoms. The van der Waals surface area contributed by atoms with E-state index in [1.54, 1.807) is 7.11 Å². The minimum Gasteiger partial charge on any atom is -0.497 e. The Morgan fingerprint density at radius 2 is 1.82 bits per heavy atom. The number of piperazine rings is 1. The van der Waals surface area contributed by atoms with Crippen LogP contribution < -0.4 is 20.3 Å². The van der Waals surface area contributed by atoms with Gasteiger partial charge in [0.2, 0.25) is 0 Å². The average molecular weight is 576 g/mol. The molecule has 1 aromatic rings. The third kappa shape index (κ3) is 11.6. The van der Waals surface area contributed by atoms with Crippen LogP contribution in [0.4, 0.5) is 5.69 Å². The van der Waals surface area contributed by atoms with Crippen LogP contribution in [0.25, 0.3) is 0 Å². The first-order chi connectivity index (χ1) is 15.5. The van der Waals surface area contributed by atoms with Gasteiger partial charge in [-0.05, 0) is 68.8 Å². The summed E-state index contributed by atoms with van der Waals surface area (Å²) in [6.07, 6.45) is 3.02. The normalized spacial score (nSPS) is 15.8. The number of hydrogen-bond acceptors (Lipinski definition) is 5. The number of anilines is 1. The lowest BCUT2D eigenvalue weighted by molar-refractivity contribution is 0.245. The molecule has 1 saturated heterocycles. The number of aliphatic imine (C=N–C) groups is 1. The minimum atomic E-state index is 0. The Kier molecular flexibility index (Phi) is 15.5. The minimum absolute atomic E-state index is 0. The van der Waals surface area contributed by atoms with Gasteiger partial charge in [0.1, 0.15) is 5.75 Å². The van der Waals surface area contributed by atoms with E-state index in [0.717, 1.165) is 83.3 Å². The van der Waals surface area contributed by atoms with Gasteiger partial charge in [-0.25, -0.2) is 0 Å². The number of aliphatic hydroxyl groups excluding tert-OH is 1. The van der Waals surface area contributed by atoms with E-state index in [0.29, 0.717) is 11.8 Å². The summed E-state index contributed by atoms with van der Waals surface area (Å²) in [7, 11) is 1.71. The molecule has 0 radical (unpaired) electrons. The fourth-order valence-corrected chi connectivity index (χ4v) is 4.23. The molecule has 1 unspecified atom stereocenters. The number of ether oxygens (including phenoxy) is 1. The topological polar surface area (TPSA) is 72.4 Å². The van der Waals surface area contributed by atoms with Gasteiger partial charge in [0.15, 0.2) is 5.96 Å². The Labute approximate surface area is 218 Å². The standard InChI is InChI=1S/C25H45N5O2.HI/c1-5-26-25(28-20-22(11-18-31)19-21(2)3)27-12-6-13-29-14-16-30(17-15-29)23-7-9-24(32-4)10-8-23;/h7-10,21-22,31H,5-6,11-20H2,1-4H3,(H2,26,27,28);1H. The van der Waals surface area contributed by atoms with Gasteiger partial charge in [0.05, 0.1) is 7.11 Å². The second-order valence-electron chi connectivity index (χ2n) is 9.03. The SMILES string of the molecule is CCNC(=NCC(CCO)CC(C)C)NCCCN1CCN(c2ccc(OC)cc2)CC1.I. The van der Waals surface area contributed by atoms with Gasteiger partial charge in [-0.3, -0.25) is 9.89 Å². The van der Waals surface area contributed by atoms with Crippen LogP contribution in [0.2, 0.25) is 0 Å². The Morgan fingerprint density at radius 3 is 2.39 bits per heavy atom. The highest BCUT2D eigenvalue weighted by molar-refractivity contribution is 14.0. The molecule has 190 valence electrons. The third-order valence-corrected chi connectivity index (χ3v) is 5.95. The number of methoxy groups -OCH3 is 1. The van der Waals surface area contributed by atoms with Crippen molar-refractivity contribution in [2.24, 2.45) is 16.8 Å². The molecule has 0 spiro atoms. The number of halogens is 1. The number of benzene rings is 1. The highest BCUT2D eigenvalue weighted by Crippen LogP contribution is 2.20. The van der Waals surface area contributed by atoms with Gasteiger partial charge in [-0.2, -0.15) is 0 Å². The molecule has 1 fully saturated rings. The molecule has 0 aromatic heterocycles. The maximum absolute atomic E-state index is 9.33. The average Bonchev–Trinajstić information content (AvgIpc) is 2.80. The highest BCUT2D eigenvalue weighted by Gasteiger charge is 2.17. The number of guanidine groups is 1. The van der Waals surface area contributed by atoms with E-state index in [-0.39, 0.29) is 30.6 Å². The van der Waals surface area contributed by atoms with E-state index >= 15 is 0 Å². The van der Waals surface area contributed by atoms with Crippen molar-refractivity contribution in [1.29, 1.82) is 0 Å². The van der Waals surface area contributed by atoms with Crippen molar-refractivity contribution in [3.63, 3.8) is 0 Å². The molecular formula is C25H46IN5O2. The van der Waals surface area contributed by atoms with Crippen LogP contribution in [0.15, 0.2) is 29.3 Å². The lowest BCUT2D eigenvalue weighted by atomic mass is 9.94. The monoisotopic (exact) mass is 575 g/mol. The number of nitrogens with zero attached hydrogens (tertiary/aromatic N) is 3. The largest absolute Gasteiger partial charge is 0.497 e. The molecule has 0 amide bonds. The summed E-state index contributed by atoms with van der Waals surface area (Å²) in [6.45, 7) is 14.7. The van der Waals surface area contributed by atoms with Gasteiger partial charge >= 0.3 is 0 Å². The van der Waals surface area contributed by atoms with Crippen LogP contribution in [0.5, 0.6) is 5.75 Å². The second kappa shape index (κ2) is 17.2. The van der Waals surface area contributed by atoms with Crippen LogP contribution in [-0.2, 0) is 0 Å². The van der Waals surface area contributed by atoms with E-state index in [1.165, 1.54) is 5.69 Å². The fraction of sp³-hybridized carbons (Fsp3) is 0.720. The fourth-order valence-electron chi connectivity index (χ4n) is 4.23. The van der Waals surface area contributed by atoms with Gasteiger partial charge in [-0.1, -0.05) is 13.8 Å². The lowest BCUT2D eigenvalue weighted by Gasteiger charge is -2.36. The number of nitrogens with one attached hydrogen (secondary N) is 2. The van der Waals surface area contributed by atoms with Crippen molar-refractivity contribution in [1.82, 2.24) is 15.5 Å². The highest BCUT2D eigenvalue weighted by atomic mass is 127. The van der Waals surface area contributed by atoms with Crippen molar-refractivity contribution in [3.8, 4) is 5.75 Å². The van der Waals surface area contributed by atoms with Crippen molar-refractivity contribution in [2.45, 2.75) is 40.0 Å². The van der Waals surface area contributed by atoms with Crippen molar-refractivity contribution < 1.29 is 9.84 Å². The maximum Gasteiger partial charge on any atom is 0.191 e. The molecule has 1 heterocycles. The summed E-state index contributed by atoms with van der Waals surface area (Å²) >= 11 is 0. The molecule has 7 nitrogen and oxygen atoms in total. The number of hydrogen-bond donors (Lipinski definition) is 3. The van der Waals surface area contributed by atoms with E-state index in [2.05, 4.69) is 53.3 Å². The lowest BCUT2D eigenvalue weighted by Crippen LogP contribution is -2.47. The van der Waals surface area contributed by atoms with Gasteiger partial charge in [0.25, 0.3) is 0 Å². The molecule has 1 aromatic carbocycles. The first-order valence-electron chi connectivity index (χ1n) is 12.3. The Balaban J connectivity index is 0.00000544. The first kappa shape index (κ1) is 29.8. The predicted octanol–water partition coefficient (Wildman–Crippen LogP) is 3.43. The maximum atomic E-state index is 9.33. The van der Waals surface area contributed by atoms with E-state index < -0.39 is 0 Å². The summed E-state index contributed by atoms with van der Waals surface area (Å²) in [4.78, 5) is 9.78. The van der Waals surface area contributed by atoms with E-state index in [4.69, 9.17) is 9.73 Å². The zero-order valence-electron chi connectivity index (χ0n) is 21.1. The summed E-state index contributed by atoms with van der Waals surface area (Å²) in [5, 5.41) is 16.2. The molecule has 0 aliphatic carbocycles. The third-order valence-electron chi connectivity index (χ3n) is 5.95. The van der Waals surface area contributed by atoms with Crippen molar-refractivity contribution in [2.75, 3.05) is 71.0 Å². The van der Waals surface area contributed by atoms with Gasteiger partial charge in [-0.15, -0.1) is 24.0 Å². The van der Waals surface area contributed by atoms with Crippen LogP contribution in [0.1, 0.15) is 40.0 Å². The predicted molar refractivity (Wildman–Crippen MR) is 150 cm³/mol. The molecule has 1 atom stereocenters. The van der Waals surface area contributed by atoms with E-state index in [9.17, 15) is 5.11 Å². The van der Waals surface area contributed by atoms with Crippen LogP contribution in [-0.4, -0.2) is 82.0 Å². The van der Waals surface area contributed by atoms with Crippen molar-refractivity contribution in [3.05, 3.63) is 24.3 Å².